The highest BCUT2D eigenvalue weighted by Crippen LogP contribution is 2.23. The summed E-state index contributed by atoms with van der Waals surface area (Å²) in [6.07, 6.45) is 0.866. The summed E-state index contributed by atoms with van der Waals surface area (Å²) < 4.78 is 10.6. The first-order chi connectivity index (χ1) is 8.61. The number of rotatable bonds is 5. The Bertz CT molecular complexity index is 552. The van der Waals surface area contributed by atoms with E-state index < -0.39 is 0 Å². The van der Waals surface area contributed by atoms with Crippen molar-refractivity contribution in [2.45, 2.75) is 20.3 Å². The average molecular weight is 246 g/mol. The quantitative estimate of drug-likeness (QED) is 0.758. The standard InChI is InChI=1S/C15H18O3/c1-10(2)15(16)14-9-12-8-11(6-7-17-3)4-5-13(12)18-14/h4-5,8-10H,6-7H2,1-3H3. The van der Waals surface area contributed by atoms with Crippen molar-refractivity contribution in [3.8, 4) is 0 Å². The molecular weight excluding hydrogens is 228 g/mol. The lowest BCUT2D eigenvalue weighted by molar-refractivity contribution is 0.0913. The maximum Gasteiger partial charge on any atom is 0.200 e. The molecule has 0 saturated carbocycles. The normalized spacial score (nSPS) is 11.3. The minimum Gasteiger partial charge on any atom is -0.453 e. The number of hydrogen-bond donors (Lipinski definition) is 0. The first-order valence-electron chi connectivity index (χ1n) is 6.17. The Morgan fingerprint density at radius 2 is 2.11 bits per heavy atom. The highest BCUT2D eigenvalue weighted by atomic mass is 16.5. The van der Waals surface area contributed by atoms with E-state index in [4.69, 9.17) is 9.15 Å². The maximum absolute atomic E-state index is 11.9. The predicted molar refractivity (Wildman–Crippen MR) is 71.0 cm³/mol. The van der Waals surface area contributed by atoms with Gasteiger partial charge in [0.1, 0.15) is 5.58 Å². The van der Waals surface area contributed by atoms with Gasteiger partial charge in [-0.05, 0) is 30.2 Å². The molecule has 1 aromatic carbocycles. The molecule has 0 spiro atoms. The van der Waals surface area contributed by atoms with Crippen LogP contribution in [0.3, 0.4) is 0 Å². The number of ether oxygens (including phenoxy) is 1. The summed E-state index contributed by atoms with van der Waals surface area (Å²) >= 11 is 0. The smallest absolute Gasteiger partial charge is 0.200 e. The van der Waals surface area contributed by atoms with Crippen LogP contribution in [0.15, 0.2) is 28.7 Å². The van der Waals surface area contributed by atoms with Gasteiger partial charge in [0.15, 0.2) is 5.76 Å². The summed E-state index contributed by atoms with van der Waals surface area (Å²) in [5.41, 5.74) is 1.95. The van der Waals surface area contributed by atoms with Gasteiger partial charge in [0.25, 0.3) is 0 Å². The van der Waals surface area contributed by atoms with Crippen molar-refractivity contribution >= 4 is 16.8 Å². The Morgan fingerprint density at radius 3 is 2.78 bits per heavy atom. The van der Waals surface area contributed by atoms with Crippen molar-refractivity contribution in [3.63, 3.8) is 0 Å². The van der Waals surface area contributed by atoms with Crippen LogP contribution >= 0.6 is 0 Å². The first-order valence-corrected chi connectivity index (χ1v) is 6.17. The molecule has 2 aromatic rings. The van der Waals surface area contributed by atoms with E-state index in [1.165, 1.54) is 5.56 Å². The Labute approximate surface area is 107 Å². The van der Waals surface area contributed by atoms with Gasteiger partial charge in [0.05, 0.1) is 6.61 Å². The largest absolute Gasteiger partial charge is 0.453 e. The van der Waals surface area contributed by atoms with E-state index in [0.29, 0.717) is 12.4 Å². The van der Waals surface area contributed by atoms with Crippen LogP contribution in [0, 0.1) is 5.92 Å². The summed E-state index contributed by atoms with van der Waals surface area (Å²) in [7, 11) is 1.69. The second kappa shape index (κ2) is 5.36. The van der Waals surface area contributed by atoms with Gasteiger partial charge in [-0.2, -0.15) is 0 Å². The van der Waals surface area contributed by atoms with Crippen molar-refractivity contribution in [3.05, 3.63) is 35.6 Å². The fourth-order valence-electron chi connectivity index (χ4n) is 1.87. The SMILES string of the molecule is COCCc1ccc2oc(C(=O)C(C)C)cc2c1. The van der Waals surface area contributed by atoms with Gasteiger partial charge in [-0.15, -0.1) is 0 Å². The summed E-state index contributed by atoms with van der Waals surface area (Å²) in [6.45, 7) is 4.44. The van der Waals surface area contributed by atoms with E-state index in [1.54, 1.807) is 7.11 Å². The molecule has 0 aliphatic rings. The number of methoxy groups -OCH3 is 1. The minimum atomic E-state index is -0.0430. The molecule has 2 rings (SSSR count). The average Bonchev–Trinajstić information content (AvgIpc) is 2.77. The van der Waals surface area contributed by atoms with Crippen LogP contribution in [0.1, 0.15) is 30.0 Å². The van der Waals surface area contributed by atoms with Crippen LogP contribution in [0.4, 0.5) is 0 Å². The van der Waals surface area contributed by atoms with Crippen molar-refractivity contribution in [2.75, 3.05) is 13.7 Å². The summed E-state index contributed by atoms with van der Waals surface area (Å²) in [4.78, 5) is 11.9. The zero-order chi connectivity index (χ0) is 13.1. The van der Waals surface area contributed by atoms with Gasteiger partial charge >= 0.3 is 0 Å². The van der Waals surface area contributed by atoms with Crippen LogP contribution in [-0.4, -0.2) is 19.5 Å². The van der Waals surface area contributed by atoms with E-state index in [1.807, 2.05) is 32.0 Å². The molecule has 3 nitrogen and oxygen atoms in total. The lowest BCUT2D eigenvalue weighted by Crippen LogP contribution is -2.05. The van der Waals surface area contributed by atoms with Gasteiger partial charge in [-0.1, -0.05) is 19.9 Å². The van der Waals surface area contributed by atoms with Crippen LogP contribution in [-0.2, 0) is 11.2 Å². The summed E-state index contributed by atoms with van der Waals surface area (Å²) in [5, 5.41) is 0.979. The number of ketones is 1. The van der Waals surface area contributed by atoms with Crippen LogP contribution in [0.25, 0.3) is 11.0 Å². The van der Waals surface area contributed by atoms with Crippen molar-refractivity contribution in [2.24, 2.45) is 5.92 Å². The van der Waals surface area contributed by atoms with Crippen LogP contribution in [0.5, 0.6) is 0 Å². The van der Waals surface area contributed by atoms with Crippen molar-refractivity contribution < 1.29 is 13.9 Å². The molecule has 96 valence electrons. The van der Waals surface area contributed by atoms with E-state index >= 15 is 0 Å². The molecule has 0 unspecified atom stereocenters. The number of benzene rings is 1. The monoisotopic (exact) mass is 246 g/mol. The van der Waals surface area contributed by atoms with E-state index in [9.17, 15) is 4.79 Å². The first kappa shape index (κ1) is 12.8. The molecule has 18 heavy (non-hydrogen) atoms. The maximum atomic E-state index is 11.9. The third-order valence-corrected chi connectivity index (χ3v) is 2.94. The lowest BCUT2D eigenvalue weighted by Gasteiger charge is -1.99. The number of carbonyl (C=O) groups excluding carboxylic acids is 1. The minimum absolute atomic E-state index is 0.0430. The molecule has 0 bridgehead atoms. The fourth-order valence-corrected chi connectivity index (χ4v) is 1.87. The second-order valence-electron chi connectivity index (χ2n) is 4.74. The molecule has 0 radical (unpaired) electrons. The Hall–Kier alpha value is -1.61. The number of fused-ring (bicyclic) bond motifs is 1. The number of Topliss-reactive ketones (excluding diaryl/α,β-unsaturated/α-hetero) is 1. The summed E-state index contributed by atoms with van der Waals surface area (Å²) in [5.74, 6) is 0.451. The lowest BCUT2D eigenvalue weighted by atomic mass is 10.1. The third-order valence-electron chi connectivity index (χ3n) is 2.94. The third kappa shape index (κ3) is 2.62. The molecule has 0 N–H and O–H groups in total. The van der Waals surface area contributed by atoms with Gasteiger partial charge < -0.3 is 9.15 Å². The zero-order valence-electron chi connectivity index (χ0n) is 11.0. The highest BCUT2D eigenvalue weighted by Gasteiger charge is 2.15. The van der Waals surface area contributed by atoms with Gasteiger partial charge in [0, 0.05) is 18.4 Å². The highest BCUT2D eigenvalue weighted by molar-refractivity contribution is 5.98. The molecule has 0 fully saturated rings. The topological polar surface area (TPSA) is 39.4 Å². The van der Waals surface area contributed by atoms with Crippen LogP contribution < -0.4 is 0 Å². The predicted octanol–water partition coefficient (Wildman–Crippen LogP) is 3.46. The molecular formula is C15H18O3. The molecule has 0 aliphatic heterocycles. The number of furan rings is 1. The van der Waals surface area contributed by atoms with E-state index in [0.717, 1.165) is 17.4 Å². The fraction of sp³-hybridized carbons (Fsp3) is 0.400. The molecule has 0 saturated heterocycles. The Balaban J connectivity index is 2.31. The van der Waals surface area contributed by atoms with Gasteiger partial charge in [-0.3, -0.25) is 4.79 Å². The number of carbonyl (C=O) groups is 1. The van der Waals surface area contributed by atoms with Gasteiger partial charge in [-0.25, -0.2) is 0 Å². The molecule has 1 heterocycles. The second-order valence-corrected chi connectivity index (χ2v) is 4.74. The zero-order valence-corrected chi connectivity index (χ0v) is 11.0. The van der Waals surface area contributed by atoms with Crippen molar-refractivity contribution in [1.82, 2.24) is 0 Å². The molecule has 3 heteroatoms. The van der Waals surface area contributed by atoms with Crippen LogP contribution in [0.2, 0.25) is 0 Å². The number of hydrogen-bond acceptors (Lipinski definition) is 3. The Morgan fingerprint density at radius 1 is 1.33 bits per heavy atom. The molecule has 1 aromatic heterocycles. The molecule has 0 atom stereocenters. The Kier molecular flexibility index (Phi) is 3.82. The molecule has 0 amide bonds. The van der Waals surface area contributed by atoms with E-state index in [-0.39, 0.29) is 11.7 Å². The molecule has 0 aliphatic carbocycles. The summed E-state index contributed by atoms with van der Waals surface area (Å²) in [6, 6.07) is 7.80. The van der Waals surface area contributed by atoms with Gasteiger partial charge in [0.2, 0.25) is 5.78 Å². The van der Waals surface area contributed by atoms with Crippen molar-refractivity contribution in [1.29, 1.82) is 0 Å². The van der Waals surface area contributed by atoms with E-state index in [2.05, 4.69) is 6.07 Å².